The second-order valence-electron chi connectivity index (χ2n) is 7.89. The van der Waals surface area contributed by atoms with Crippen LogP contribution >= 0.6 is 0 Å². The number of carboxylic acids is 1. The Labute approximate surface area is 205 Å². The van der Waals surface area contributed by atoms with Crippen LogP contribution in [0.4, 0.5) is 0 Å². The van der Waals surface area contributed by atoms with E-state index in [1.807, 2.05) is 48.5 Å². The van der Waals surface area contributed by atoms with Gasteiger partial charge in [-0.1, -0.05) is 18.2 Å². The molecular formula is C27H31NO7. The first-order chi connectivity index (χ1) is 16.9. The van der Waals surface area contributed by atoms with Crippen LogP contribution < -0.4 is 23.7 Å². The average molecular weight is 482 g/mol. The number of carboxylic acid groups (broad SMARTS) is 1. The molecule has 0 amide bonds. The maximum atomic E-state index is 11.0. The summed E-state index contributed by atoms with van der Waals surface area (Å²) in [6.07, 6.45) is 0.271. The highest BCUT2D eigenvalue weighted by Gasteiger charge is 2.17. The van der Waals surface area contributed by atoms with E-state index < -0.39 is 5.97 Å². The molecule has 0 aliphatic carbocycles. The Hall–Kier alpha value is -3.91. The van der Waals surface area contributed by atoms with E-state index in [0.717, 1.165) is 11.3 Å². The summed E-state index contributed by atoms with van der Waals surface area (Å²) in [7, 11) is 6.56. The Kier molecular flexibility index (Phi) is 9.20. The predicted octanol–water partition coefficient (Wildman–Crippen LogP) is 5.03. The maximum absolute atomic E-state index is 11.0. The number of aliphatic carboxylic acids is 1. The van der Waals surface area contributed by atoms with Crippen molar-refractivity contribution in [1.29, 1.82) is 0 Å². The van der Waals surface area contributed by atoms with E-state index >= 15 is 0 Å². The van der Waals surface area contributed by atoms with Gasteiger partial charge in [0.05, 0.1) is 27.9 Å². The van der Waals surface area contributed by atoms with Gasteiger partial charge in [-0.05, 0) is 49.0 Å². The van der Waals surface area contributed by atoms with E-state index in [9.17, 15) is 4.79 Å². The van der Waals surface area contributed by atoms with Crippen molar-refractivity contribution in [2.24, 2.45) is 0 Å². The lowest BCUT2D eigenvalue weighted by molar-refractivity contribution is -0.138. The fourth-order valence-corrected chi connectivity index (χ4v) is 3.52. The first-order valence-electron chi connectivity index (χ1n) is 11.1. The van der Waals surface area contributed by atoms with E-state index in [2.05, 4.69) is 0 Å². The topological polar surface area (TPSA) is 86.7 Å². The number of hydrogen-bond donors (Lipinski definition) is 1. The molecule has 0 aromatic heterocycles. The standard InChI is InChI=1S/C27H31NO7/c1-28(18-27(29)30)15-14-24(19-8-10-20(31-2)11-9-19)34-23-12-13-25(26(17-23)33-4)35-22-7-5-6-21(16-22)32-3/h5-13,16-17,24H,14-15,18H2,1-4H3,(H,29,30). The van der Waals surface area contributed by atoms with Crippen molar-refractivity contribution in [3.8, 4) is 34.5 Å². The van der Waals surface area contributed by atoms with E-state index in [1.54, 1.807) is 51.5 Å². The Balaban J connectivity index is 1.80. The van der Waals surface area contributed by atoms with Crippen LogP contribution in [0.5, 0.6) is 34.5 Å². The number of benzene rings is 3. The molecule has 0 bridgehead atoms. The van der Waals surface area contributed by atoms with Gasteiger partial charge in [0.15, 0.2) is 11.5 Å². The summed E-state index contributed by atoms with van der Waals surface area (Å²) < 4.78 is 28.4. The van der Waals surface area contributed by atoms with E-state index in [-0.39, 0.29) is 12.6 Å². The number of ether oxygens (including phenoxy) is 5. The van der Waals surface area contributed by atoms with Crippen molar-refractivity contribution in [2.75, 3.05) is 41.5 Å². The fourth-order valence-electron chi connectivity index (χ4n) is 3.52. The second-order valence-corrected chi connectivity index (χ2v) is 7.89. The monoisotopic (exact) mass is 481 g/mol. The van der Waals surface area contributed by atoms with Gasteiger partial charge >= 0.3 is 5.97 Å². The molecule has 8 nitrogen and oxygen atoms in total. The van der Waals surface area contributed by atoms with Gasteiger partial charge in [0.2, 0.25) is 0 Å². The summed E-state index contributed by atoms with van der Waals surface area (Å²) in [5, 5.41) is 9.06. The molecule has 0 aliphatic heterocycles. The minimum Gasteiger partial charge on any atom is -0.497 e. The Bertz CT molecular complexity index is 1100. The molecule has 0 aliphatic rings. The van der Waals surface area contributed by atoms with Crippen molar-refractivity contribution in [2.45, 2.75) is 12.5 Å². The second kappa shape index (κ2) is 12.5. The third-order valence-corrected chi connectivity index (χ3v) is 5.35. The Morgan fingerprint density at radius 3 is 2.17 bits per heavy atom. The Morgan fingerprint density at radius 2 is 1.51 bits per heavy atom. The lowest BCUT2D eigenvalue weighted by Crippen LogP contribution is -2.28. The lowest BCUT2D eigenvalue weighted by atomic mass is 10.1. The van der Waals surface area contributed by atoms with Crippen LogP contribution in [-0.4, -0.2) is 57.4 Å². The van der Waals surface area contributed by atoms with Gasteiger partial charge in [-0.3, -0.25) is 9.69 Å². The van der Waals surface area contributed by atoms with Gasteiger partial charge in [-0.25, -0.2) is 0 Å². The third-order valence-electron chi connectivity index (χ3n) is 5.35. The molecule has 1 unspecified atom stereocenters. The molecule has 8 heteroatoms. The van der Waals surface area contributed by atoms with E-state index in [4.69, 9.17) is 28.8 Å². The smallest absolute Gasteiger partial charge is 0.317 e. The molecular weight excluding hydrogens is 450 g/mol. The molecule has 1 N–H and O–H groups in total. The van der Waals surface area contributed by atoms with Crippen LogP contribution in [0.25, 0.3) is 0 Å². The van der Waals surface area contributed by atoms with Crippen molar-refractivity contribution >= 4 is 5.97 Å². The summed E-state index contributed by atoms with van der Waals surface area (Å²) >= 11 is 0. The molecule has 0 saturated carbocycles. The van der Waals surface area contributed by atoms with Crippen LogP contribution in [0.2, 0.25) is 0 Å². The molecule has 0 fully saturated rings. The maximum Gasteiger partial charge on any atom is 0.317 e. The molecule has 186 valence electrons. The van der Waals surface area contributed by atoms with Crippen molar-refractivity contribution in [3.63, 3.8) is 0 Å². The van der Waals surface area contributed by atoms with Crippen molar-refractivity contribution in [3.05, 3.63) is 72.3 Å². The van der Waals surface area contributed by atoms with Gasteiger partial charge in [0.1, 0.15) is 29.1 Å². The van der Waals surface area contributed by atoms with Crippen molar-refractivity contribution < 1.29 is 33.6 Å². The highest BCUT2D eigenvalue weighted by Crippen LogP contribution is 2.37. The van der Waals surface area contributed by atoms with Gasteiger partial charge < -0.3 is 28.8 Å². The van der Waals surface area contributed by atoms with Crippen LogP contribution in [0.3, 0.4) is 0 Å². The summed E-state index contributed by atoms with van der Waals surface area (Å²) in [4.78, 5) is 12.8. The quantitative estimate of drug-likeness (QED) is 0.364. The van der Waals surface area contributed by atoms with Crippen LogP contribution in [-0.2, 0) is 4.79 Å². The van der Waals surface area contributed by atoms with Crippen LogP contribution in [0.15, 0.2) is 66.7 Å². The molecule has 3 aromatic rings. The molecule has 3 aromatic carbocycles. The molecule has 0 saturated heterocycles. The first-order valence-corrected chi connectivity index (χ1v) is 11.1. The average Bonchev–Trinajstić information content (AvgIpc) is 2.87. The number of hydrogen-bond acceptors (Lipinski definition) is 7. The number of methoxy groups -OCH3 is 3. The molecule has 35 heavy (non-hydrogen) atoms. The van der Waals surface area contributed by atoms with E-state index in [0.29, 0.717) is 41.7 Å². The minimum atomic E-state index is -0.870. The van der Waals surface area contributed by atoms with Crippen molar-refractivity contribution in [1.82, 2.24) is 4.90 Å². The zero-order chi connectivity index (χ0) is 25.2. The summed E-state index contributed by atoms with van der Waals surface area (Å²) in [6.45, 7) is 0.497. The molecule has 3 rings (SSSR count). The number of rotatable bonds is 13. The van der Waals surface area contributed by atoms with Crippen LogP contribution in [0, 0.1) is 0 Å². The van der Waals surface area contributed by atoms with Gasteiger partial charge in [-0.2, -0.15) is 0 Å². The minimum absolute atomic E-state index is 0.0422. The van der Waals surface area contributed by atoms with Crippen LogP contribution in [0.1, 0.15) is 18.1 Å². The summed E-state index contributed by atoms with van der Waals surface area (Å²) in [5.74, 6) is 2.84. The first kappa shape index (κ1) is 25.7. The summed E-state index contributed by atoms with van der Waals surface area (Å²) in [5.41, 5.74) is 0.949. The highest BCUT2D eigenvalue weighted by molar-refractivity contribution is 5.69. The Morgan fingerprint density at radius 1 is 0.829 bits per heavy atom. The lowest BCUT2D eigenvalue weighted by Gasteiger charge is -2.23. The zero-order valence-electron chi connectivity index (χ0n) is 20.4. The molecule has 0 radical (unpaired) electrons. The molecule has 0 spiro atoms. The van der Waals surface area contributed by atoms with Gasteiger partial charge in [0, 0.05) is 25.1 Å². The number of nitrogens with zero attached hydrogens (tertiary/aromatic N) is 1. The fraction of sp³-hybridized carbons (Fsp3) is 0.296. The molecule has 0 heterocycles. The normalized spacial score (nSPS) is 11.6. The zero-order valence-corrected chi connectivity index (χ0v) is 20.4. The van der Waals surface area contributed by atoms with Gasteiger partial charge in [-0.15, -0.1) is 0 Å². The van der Waals surface area contributed by atoms with Gasteiger partial charge in [0.25, 0.3) is 0 Å². The predicted molar refractivity (Wildman–Crippen MR) is 132 cm³/mol. The number of carbonyl (C=O) groups is 1. The molecule has 1 atom stereocenters. The van der Waals surface area contributed by atoms with E-state index in [1.165, 1.54) is 0 Å². The summed E-state index contributed by atoms with van der Waals surface area (Å²) in [6, 6.07) is 20.3. The highest BCUT2D eigenvalue weighted by atomic mass is 16.5. The third kappa shape index (κ3) is 7.55. The SMILES string of the molecule is COc1ccc(C(CCN(C)CC(=O)O)Oc2ccc(Oc3cccc(OC)c3)c(OC)c2)cc1. The largest absolute Gasteiger partial charge is 0.497 e. The number of likely N-dealkylation sites (N-methyl/N-ethyl adjacent to an activating group) is 1.